The van der Waals surface area contributed by atoms with Crippen LogP contribution in [-0.4, -0.2) is 16.2 Å². The zero-order chi connectivity index (χ0) is 11.3. The molecule has 5 nitrogen and oxygen atoms in total. The van der Waals surface area contributed by atoms with Gasteiger partial charge in [0.05, 0.1) is 5.56 Å². The van der Waals surface area contributed by atoms with Crippen LogP contribution in [0.25, 0.3) is 0 Å². The Bertz CT molecular complexity index is 509. The number of rotatable bonds is 0. The number of nitrogens with zero attached hydrogens (tertiary/aromatic N) is 1. The van der Waals surface area contributed by atoms with Crippen molar-refractivity contribution in [3.8, 4) is 0 Å². The molecule has 7 heteroatoms. The maximum atomic E-state index is 11.3. The Labute approximate surface area is 99.2 Å². The van der Waals surface area contributed by atoms with Crippen LogP contribution in [0.4, 0.5) is 5.00 Å². The van der Waals surface area contributed by atoms with Crippen molar-refractivity contribution in [1.29, 1.82) is 0 Å². The second kappa shape index (κ2) is 3.47. The number of ketones is 1. The highest BCUT2D eigenvalue weighted by Crippen LogP contribution is 2.39. The van der Waals surface area contributed by atoms with E-state index in [1.165, 1.54) is 11.3 Å². The Kier molecular flexibility index (Phi) is 2.20. The van der Waals surface area contributed by atoms with Gasteiger partial charge in [-0.05, 0) is 16.4 Å². The van der Waals surface area contributed by atoms with Crippen molar-refractivity contribution in [2.24, 2.45) is 10.1 Å². The first kappa shape index (κ1) is 10.1. The maximum absolute atomic E-state index is 11.3. The number of nitrogens with one attached hydrogen (secondary N) is 1. The average molecular weight is 255 g/mol. The van der Waals surface area contributed by atoms with Crippen molar-refractivity contribution >= 4 is 39.5 Å². The third kappa shape index (κ3) is 1.43. The number of anilines is 1. The van der Waals surface area contributed by atoms with E-state index < -0.39 is 11.5 Å². The van der Waals surface area contributed by atoms with Gasteiger partial charge in [-0.15, -0.1) is 11.3 Å². The molecule has 1 aliphatic heterocycles. The molecule has 2 heterocycles. The lowest BCUT2D eigenvalue weighted by Gasteiger charge is -2.14. The van der Waals surface area contributed by atoms with Gasteiger partial charge in [0, 0.05) is 17.7 Å². The number of fused-ring (bicyclic) bond motifs is 3. The molecular formula is C9H9N3O2S2. The monoisotopic (exact) mass is 255 g/mol. The first-order valence-corrected chi connectivity index (χ1v) is 6.77. The van der Waals surface area contributed by atoms with Crippen molar-refractivity contribution < 1.29 is 9.35 Å². The van der Waals surface area contributed by atoms with Gasteiger partial charge in [-0.2, -0.15) is 4.72 Å². The van der Waals surface area contributed by atoms with Crippen LogP contribution in [0, 0.1) is 0 Å². The first-order chi connectivity index (χ1) is 7.65. The van der Waals surface area contributed by atoms with Crippen LogP contribution in [-0.2, 0) is 29.2 Å². The molecule has 0 saturated heterocycles. The fourth-order valence-corrected chi connectivity index (χ4v) is 4.12. The third-order valence-electron chi connectivity index (χ3n) is 2.72. The van der Waals surface area contributed by atoms with Crippen LogP contribution >= 0.6 is 11.3 Å². The highest BCUT2D eigenvalue weighted by Gasteiger charge is 2.31. The lowest BCUT2D eigenvalue weighted by molar-refractivity contribution is -0.118. The van der Waals surface area contributed by atoms with Crippen LogP contribution in [0.2, 0.25) is 0 Å². The van der Waals surface area contributed by atoms with Crippen molar-refractivity contribution in [1.82, 2.24) is 0 Å². The van der Waals surface area contributed by atoms with Crippen LogP contribution < -0.4 is 10.5 Å². The van der Waals surface area contributed by atoms with Crippen molar-refractivity contribution in [3.05, 3.63) is 16.0 Å². The summed E-state index contributed by atoms with van der Waals surface area (Å²) in [5, 5.41) is 0.783. The minimum Gasteiger partial charge on any atom is -0.566 e. The zero-order valence-corrected chi connectivity index (χ0v) is 9.91. The lowest BCUT2D eigenvalue weighted by atomic mass is 9.94. The largest absolute Gasteiger partial charge is 0.566 e. The van der Waals surface area contributed by atoms with E-state index in [1.54, 1.807) is 0 Å². The molecule has 1 aromatic heterocycles. The Morgan fingerprint density at radius 2 is 2.31 bits per heavy atom. The average Bonchev–Trinajstić information content (AvgIpc) is 2.54. The van der Waals surface area contributed by atoms with Crippen LogP contribution in [0.15, 0.2) is 4.40 Å². The molecule has 1 unspecified atom stereocenters. The van der Waals surface area contributed by atoms with E-state index in [9.17, 15) is 9.35 Å². The smallest absolute Gasteiger partial charge is 0.223 e. The SMILES string of the molecule is NC1=N[S+]([O-])Nc2sc3c(c21)CCC(=O)C3. The van der Waals surface area contributed by atoms with Crippen LogP contribution in [0.1, 0.15) is 22.4 Å². The molecule has 84 valence electrons. The summed E-state index contributed by atoms with van der Waals surface area (Å²) in [6.07, 6.45) is 1.74. The Morgan fingerprint density at radius 3 is 3.12 bits per heavy atom. The van der Waals surface area contributed by atoms with E-state index in [-0.39, 0.29) is 5.78 Å². The summed E-state index contributed by atoms with van der Waals surface area (Å²) in [5.41, 5.74) is 7.73. The number of carbonyl (C=O) groups excluding carboxylic acids is 1. The van der Waals surface area contributed by atoms with Gasteiger partial charge in [-0.25, -0.2) is 0 Å². The van der Waals surface area contributed by atoms with Gasteiger partial charge in [0.15, 0.2) is 5.84 Å². The van der Waals surface area contributed by atoms with Crippen LogP contribution in [0.3, 0.4) is 0 Å². The maximum Gasteiger partial charge on any atom is 0.223 e. The normalized spacial score (nSPS) is 23.2. The molecule has 0 amide bonds. The number of Topliss-reactive ketones (excluding diaryl/α,β-unsaturated/α-hetero) is 1. The molecule has 0 radical (unpaired) electrons. The molecule has 1 atom stereocenters. The Balaban J connectivity index is 2.14. The van der Waals surface area contributed by atoms with Crippen molar-refractivity contribution in [2.45, 2.75) is 19.3 Å². The Morgan fingerprint density at radius 1 is 1.50 bits per heavy atom. The molecule has 2 aliphatic rings. The molecule has 0 bridgehead atoms. The van der Waals surface area contributed by atoms with Crippen molar-refractivity contribution in [2.75, 3.05) is 4.72 Å². The minimum atomic E-state index is -1.48. The summed E-state index contributed by atoms with van der Waals surface area (Å²) in [6.45, 7) is 0. The fraction of sp³-hybridized carbons (Fsp3) is 0.333. The number of nitrogens with two attached hydrogens (primary N) is 1. The molecule has 1 aromatic rings. The molecule has 3 N–H and O–H groups in total. The number of amidine groups is 1. The van der Waals surface area contributed by atoms with Crippen LogP contribution in [0.5, 0.6) is 0 Å². The zero-order valence-electron chi connectivity index (χ0n) is 8.28. The molecule has 0 spiro atoms. The molecule has 0 saturated carbocycles. The van der Waals surface area contributed by atoms with Gasteiger partial charge in [-0.3, -0.25) is 4.79 Å². The summed E-state index contributed by atoms with van der Waals surface area (Å²) in [7, 11) is 0. The number of hydrogen-bond donors (Lipinski definition) is 2. The van der Waals surface area contributed by atoms with Gasteiger partial charge in [-0.1, -0.05) is 0 Å². The van der Waals surface area contributed by atoms with Gasteiger partial charge in [0.25, 0.3) is 0 Å². The van der Waals surface area contributed by atoms with Gasteiger partial charge < -0.3 is 10.3 Å². The van der Waals surface area contributed by atoms with Gasteiger partial charge in [0.2, 0.25) is 11.5 Å². The van der Waals surface area contributed by atoms with Crippen molar-refractivity contribution in [3.63, 3.8) is 0 Å². The minimum absolute atomic E-state index is 0.253. The molecule has 0 aromatic carbocycles. The highest BCUT2D eigenvalue weighted by molar-refractivity contribution is 7.91. The van der Waals surface area contributed by atoms with E-state index in [4.69, 9.17) is 5.73 Å². The quantitative estimate of drug-likeness (QED) is 0.661. The topological polar surface area (TPSA) is 90.5 Å². The summed E-state index contributed by atoms with van der Waals surface area (Å²) >= 11 is -0.0173. The van der Waals surface area contributed by atoms with E-state index in [0.29, 0.717) is 25.1 Å². The van der Waals surface area contributed by atoms with Gasteiger partial charge >= 0.3 is 0 Å². The van der Waals surface area contributed by atoms with Gasteiger partial charge in [0.1, 0.15) is 10.8 Å². The fourth-order valence-electron chi connectivity index (χ4n) is 2.03. The molecule has 1 aliphatic carbocycles. The summed E-state index contributed by atoms with van der Waals surface area (Å²) < 4.78 is 17.9. The summed E-state index contributed by atoms with van der Waals surface area (Å²) in [4.78, 5) is 12.4. The molecule has 3 rings (SSSR count). The Hall–Kier alpha value is -1.05. The summed E-state index contributed by atoms with van der Waals surface area (Å²) in [5.74, 6) is 0.571. The molecular weight excluding hydrogens is 246 g/mol. The third-order valence-corrected chi connectivity index (χ3v) is 4.74. The number of hydrogen-bond acceptors (Lipinski definition) is 6. The lowest BCUT2D eigenvalue weighted by Crippen LogP contribution is -2.26. The second-order valence-corrected chi connectivity index (χ2v) is 5.74. The standard InChI is InChI=1S/C9H9N3O2S2/c10-8-7-5-2-1-4(13)3-6(5)15-9(7)12-16(14)11-8/h12H,1-3H2,(H2,10,11). The molecule has 16 heavy (non-hydrogen) atoms. The highest BCUT2D eigenvalue weighted by atomic mass is 32.2. The summed E-state index contributed by atoms with van der Waals surface area (Å²) in [6, 6.07) is 0. The van der Waals surface area contributed by atoms with E-state index in [0.717, 1.165) is 21.0 Å². The number of carbonyl (C=O) groups is 1. The number of thiophene rings is 1. The van der Waals surface area contributed by atoms with E-state index in [1.807, 2.05) is 0 Å². The predicted molar refractivity (Wildman–Crippen MR) is 63.8 cm³/mol. The van der Waals surface area contributed by atoms with E-state index >= 15 is 0 Å². The van der Waals surface area contributed by atoms with E-state index in [2.05, 4.69) is 9.12 Å². The molecule has 0 fully saturated rings. The first-order valence-electron chi connectivity index (χ1n) is 4.84. The second-order valence-electron chi connectivity index (χ2n) is 3.75. The predicted octanol–water partition coefficient (Wildman–Crippen LogP) is 0.515.